The minimum Gasteiger partial charge on any atom is -0.462 e. The number of hydrogen-bond acceptors (Lipinski definition) is 11. The van der Waals surface area contributed by atoms with Crippen LogP contribution in [-0.4, -0.2) is 96.0 Å². The van der Waals surface area contributed by atoms with Gasteiger partial charge in [-0.05, 0) is 83.5 Å². The fourth-order valence-corrected chi connectivity index (χ4v) is 8.43. The van der Waals surface area contributed by atoms with Crippen LogP contribution in [0.2, 0.25) is 0 Å². The number of aliphatic hydroxyl groups is 3. The third kappa shape index (κ3) is 39.4. The molecule has 1 aliphatic heterocycles. The maximum Gasteiger partial charge on any atom is 0.306 e. The number of rotatable bonds is 45. The maximum atomic E-state index is 12.9. The van der Waals surface area contributed by atoms with Crippen LogP contribution in [0.15, 0.2) is 85.1 Å². The Bertz CT molecular complexity index is 1600. The topological polar surface area (TPSA) is 186 Å². The van der Waals surface area contributed by atoms with Crippen molar-refractivity contribution in [2.75, 3.05) is 19.0 Å². The maximum absolute atomic E-state index is 12.9. The first kappa shape index (κ1) is 64.8. The summed E-state index contributed by atoms with van der Waals surface area (Å²) in [4.78, 5) is 25.5. The van der Waals surface area contributed by atoms with Gasteiger partial charge in [0.1, 0.15) is 36.8 Å². The van der Waals surface area contributed by atoms with E-state index in [4.69, 9.17) is 18.9 Å². The second kappa shape index (κ2) is 45.7. The highest BCUT2D eigenvalue weighted by Gasteiger charge is 2.46. The van der Waals surface area contributed by atoms with Gasteiger partial charge in [0.25, 0.3) is 10.1 Å². The van der Waals surface area contributed by atoms with Gasteiger partial charge in [-0.1, -0.05) is 195 Å². The fourth-order valence-electron chi connectivity index (χ4n) is 7.74. The molecule has 13 heteroatoms. The molecule has 0 aromatic heterocycles. The van der Waals surface area contributed by atoms with Crippen molar-refractivity contribution >= 4 is 22.1 Å². The van der Waals surface area contributed by atoms with Gasteiger partial charge in [0.15, 0.2) is 12.4 Å². The second-order valence-electron chi connectivity index (χ2n) is 18.5. The van der Waals surface area contributed by atoms with Gasteiger partial charge in [0.05, 0.1) is 6.61 Å². The predicted molar refractivity (Wildman–Crippen MR) is 284 cm³/mol. The molecule has 1 aliphatic rings. The van der Waals surface area contributed by atoms with Gasteiger partial charge < -0.3 is 34.3 Å². The number of carbonyl (C=O) groups is 2. The molecule has 0 aromatic carbocycles. The van der Waals surface area contributed by atoms with E-state index < -0.39 is 71.2 Å². The molecule has 1 fully saturated rings. The number of esters is 2. The molecule has 4 N–H and O–H groups in total. The summed E-state index contributed by atoms with van der Waals surface area (Å²) < 4.78 is 54.2. The molecule has 0 bridgehead atoms. The van der Waals surface area contributed by atoms with Gasteiger partial charge in [0, 0.05) is 12.8 Å². The Kier molecular flexibility index (Phi) is 42.3. The molecule has 1 heterocycles. The molecule has 1 saturated heterocycles. The number of aliphatic hydroxyl groups excluding tert-OH is 3. The van der Waals surface area contributed by atoms with Crippen LogP contribution in [0.4, 0.5) is 0 Å². The highest BCUT2D eigenvalue weighted by molar-refractivity contribution is 7.85. The molecular formula is C57H96O12S. The fraction of sp³-hybridized carbons (Fsp3) is 0.719. The van der Waals surface area contributed by atoms with E-state index in [9.17, 15) is 37.9 Å². The first-order chi connectivity index (χ1) is 34.0. The van der Waals surface area contributed by atoms with E-state index in [0.29, 0.717) is 19.3 Å². The molecule has 402 valence electrons. The lowest BCUT2D eigenvalue weighted by Crippen LogP contribution is -2.60. The van der Waals surface area contributed by atoms with Crippen LogP contribution in [0, 0.1) is 0 Å². The van der Waals surface area contributed by atoms with Crippen LogP contribution in [0.3, 0.4) is 0 Å². The summed E-state index contributed by atoms with van der Waals surface area (Å²) in [5.74, 6) is -2.15. The number of unbranched alkanes of at least 4 members (excludes halogenated alkanes) is 19. The van der Waals surface area contributed by atoms with E-state index in [1.807, 2.05) is 18.2 Å². The number of ether oxygens (including phenoxy) is 4. The van der Waals surface area contributed by atoms with Crippen molar-refractivity contribution in [3.8, 4) is 0 Å². The predicted octanol–water partition coefficient (Wildman–Crippen LogP) is 12.8. The van der Waals surface area contributed by atoms with E-state index in [-0.39, 0.29) is 19.4 Å². The number of carbonyl (C=O) groups excluding carboxylic acids is 2. The van der Waals surface area contributed by atoms with Crippen molar-refractivity contribution in [2.45, 2.75) is 243 Å². The van der Waals surface area contributed by atoms with Crippen molar-refractivity contribution in [2.24, 2.45) is 0 Å². The van der Waals surface area contributed by atoms with Gasteiger partial charge in [-0.2, -0.15) is 8.42 Å². The summed E-state index contributed by atoms with van der Waals surface area (Å²) in [5.41, 5.74) is 0. The summed E-state index contributed by atoms with van der Waals surface area (Å²) in [6.07, 6.45) is 52.2. The summed E-state index contributed by atoms with van der Waals surface area (Å²) in [6, 6.07) is 0. The molecule has 2 unspecified atom stereocenters. The van der Waals surface area contributed by atoms with Crippen molar-refractivity contribution in [3.05, 3.63) is 85.1 Å². The molecule has 0 radical (unpaired) electrons. The second-order valence-corrected chi connectivity index (χ2v) is 20.0. The Morgan fingerprint density at radius 3 is 1.41 bits per heavy atom. The number of allylic oxidation sites excluding steroid dienone is 14. The van der Waals surface area contributed by atoms with Crippen LogP contribution in [0.25, 0.3) is 0 Å². The van der Waals surface area contributed by atoms with Gasteiger partial charge >= 0.3 is 11.9 Å². The zero-order valence-electron chi connectivity index (χ0n) is 43.3. The zero-order valence-corrected chi connectivity index (χ0v) is 44.2. The Morgan fingerprint density at radius 1 is 0.486 bits per heavy atom. The third-order valence-electron chi connectivity index (χ3n) is 11.9. The molecule has 0 aliphatic carbocycles. The molecule has 0 spiro atoms. The van der Waals surface area contributed by atoms with E-state index in [0.717, 1.165) is 51.4 Å². The molecule has 0 amide bonds. The Hall–Kier alpha value is -3.17. The van der Waals surface area contributed by atoms with E-state index >= 15 is 0 Å². The molecule has 0 aromatic rings. The molecule has 0 saturated carbocycles. The summed E-state index contributed by atoms with van der Waals surface area (Å²) in [7, 11) is -4.62. The monoisotopic (exact) mass is 1000 g/mol. The van der Waals surface area contributed by atoms with E-state index in [1.165, 1.54) is 109 Å². The van der Waals surface area contributed by atoms with Gasteiger partial charge in [0.2, 0.25) is 0 Å². The largest absolute Gasteiger partial charge is 0.462 e. The highest BCUT2D eigenvalue weighted by atomic mass is 32.2. The third-order valence-corrected chi connectivity index (χ3v) is 12.7. The summed E-state index contributed by atoms with van der Waals surface area (Å²) >= 11 is 0. The molecule has 1 rings (SSSR count). The van der Waals surface area contributed by atoms with Crippen molar-refractivity contribution in [1.82, 2.24) is 0 Å². The van der Waals surface area contributed by atoms with E-state index in [1.54, 1.807) is 0 Å². The van der Waals surface area contributed by atoms with Crippen molar-refractivity contribution < 1.29 is 56.8 Å². The van der Waals surface area contributed by atoms with Gasteiger partial charge in [-0.3, -0.25) is 14.1 Å². The minimum atomic E-state index is -4.62. The zero-order chi connectivity index (χ0) is 51.2. The average Bonchev–Trinajstić information content (AvgIpc) is 3.33. The minimum absolute atomic E-state index is 0.0835. The Labute approximate surface area is 424 Å². The van der Waals surface area contributed by atoms with Crippen molar-refractivity contribution in [3.63, 3.8) is 0 Å². The first-order valence-corrected chi connectivity index (χ1v) is 28.8. The standard InChI is InChI=1S/C57H96O12S/c1-3-5-7-9-11-13-15-17-19-21-23-24-25-26-28-30-32-34-36-38-40-42-44-46-53(59)68-50(48-67-57-56(62)55(61)54(60)51(69-57)49-70(63,64)65)47-66-52(58)45-43-41-39-37-35-33-31-29-27-22-20-18-16-14-12-10-8-6-4-2/h12,14,18,20,27,29-30,32-33,35,38-41,50-51,54-57,60-62H,3-11,13,15-17,19,21-26,28,31,34,36-37,42-49H2,1-2H3,(H,63,64,65)/b14-12+,20-18+,29-27+,32-30+,35-33+,40-38+,41-39+/t50-,51-,54-,55?,56?,57+/m1/s1. The Balaban J connectivity index is 2.43. The number of hydrogen-bond donors (Lipinski definition) is 4. The SMILES string of the molecule is CCCCC/C=C/C/C=C/C/C=C/C/C=C/C/C=C/CCC(=O)OC[C@H](CO[C@H]1O[C@H](CS(=O)(=O)O)[C@@H](O)C(O)C1O)OC(=O)CCC/C=C/CC/C=C/CCCCCCCCCCCCCCCC. The first-order valence-electron chi connectivity index (χ1n) is 27.1. The quantitative estimate of drug-likeness (QED) is 0.0196. The highest BCUT2D eigenvalue weighted by Crippen LogP contribution is 2.24. The van der Waals surface area contributed by atoms with Gasteiger partial charge in [-0.25, -0.2) is 0 Å². The Morgan fingerprint density at radius 2 is 0.900 bits per heavy atom. The van der Waals surface area contributed by atoms with Crippen LogP contribution >= 0.6 is 0 Å². The lowest BCUT2D eigenvalue weighted by molar-refractivity contribution is -0.297. The molecular weight excluding hydrogens is 909 g/mol. The molecule has 6 atom stereocenters. The summed E-state index contributed by atoms with van der Waals surface area (Å²) in [6.45, 7) is 3.66. The average molecular weight is 1010 g/mol. The van der Waals surface area contributed by atoms with Crippen LogP contribution < -0.4 is 0 Å². The lowest BCUT2D eigenvalue weighted by Gasteiger charge is -2.40. The van der Waals surface area contributed by atoms with Crippen LogP contribution in [-0.2, 0) is 38.7 Å². The van der Waals surface area contributed by atoms with E-state index in [2.05, 4.69) is 80.7 Å². The molecule has 70 heavy (non-hydrogen) atoms. The van der Waals surface area contributed by atoms with Gasteiger partial charge in [-0.15, -0.1) is 0 Å². The lowest BCUT2D eigenvalue weighted by atomic mass is 10.00. The van der Waals surface area contributed by atoms with Crippen LogP contribution in [0.1, 0.15) is 206 Å². The van der Waals surface area contributed by atoms with Crippen molar-refractivity contribution in [1.29, 1.82) is 0 Å². The summed E-state index contributed by atoms with van der Waals surface area (Å²) in [5, 5.41) is 31.0. The normalized spacial score (nSPS) is 19.7. The van der Waals surface area contributed by atoms with Crippen LogP contribution in [0.5, 0.6) is 0 Å². The molecule has 12 nitrogen and oxygen atoms in total. The smallest absolute Gasteiger partial charge is 0.306 e.